The highest BCUT2D eigenvalue weighted by Gasteiger charge is 2.29. The van der Waals surface area contributed by atoms with E-state index in [1.807, 2.05) is 36.4 Å². The highest BCUT2D eigenvalue weighted by Crippen LogP contribution is 2.44. The molecule has 0 N–H and O–H groups in total. The van der Waals surface area contributed by atoms with Gasteiger partial charge in [0, 0.05) is 33.2 Å². The van der Waals surface area contributed by atoms with Crippen molar-refractivity contribution in [2.45, 2.75) is 25.2 Å². The van der Waals surface area contributed by atoms with Crippen LogP contribution in [0.15, 0.2) is 96.1 Å². The van der Waals surface area contributed by atoms with Crippen molar-refractivity contribution in [2.75, 3.05) is 0 Å². The monoisotopic (exact) mass is 522 g/mol. The number of nitrogens with zero attached hydrogens (tertiary/aromatic N) is 2. The first-order valence-corrected chi connectivity index (χ1v) is 12.7. The predicted molar refractivity (Wildman–Crippen MR) is 148 cm³/mol. The summed E-state index contributed by atoms with van der Waals surface area (Å²) in [5.41, 5.74) is 15.9. The molecule has 3 aromatic rings. The van der Waals surface area contributed by atoms with Crippen molar-refractivity contribution < 1.29 is 4.92 Å². The molecule has 0 radical (unpaired) electrons. The summed E-state index contributed by atoms with van der Waals surface area (Å²) >= 11 is 12.8. The summed E-state index contributed by atoms with van der Waals surface area (Å²) in [6, 6.07) is 13.4. The van der Waals surface area contributed by atoms with Gasteiger partial charge in [0.2, 0.25) is 0 Å². The molecule has 4 nitrogen and oxygen atoms in total. The van der Waals surface area contributed by atoms with Gasteiger partial charge in [-0.25, -0.2) is 4.98 Å². The molecule has 6 heteroatoms. The second-order valence-corrected chi connectivity index (χ2v) is 10.2. The maximum absolute atomic E-state index is 11.7. The van der Waals surface area contributed by atoms with Gasteiger partial charge < -0.3 is 0 Å². The number of hydrogen-bond donors (Lipinski definition) is 0. The van der Waals surface area contributed by atoms with E-state index in [4.69, 9.17) is 23.2 Å². The van der Waals surface area contributed by atoms with Crippen LogP contribution in [0.25, 0.3) is 11.1 Å². The molecular weight excluding hydrogens is 503 g/mol. The van der Waals surface area contributed by atoms with E-state index in [0.717, 1.165) is 63.0 Å². The number of hydrogen-bond acceptors (Lipinski definition) is 3. The quantitative estimate of drug-likeness (QED) is 0.193. The number of aromatic nitrogens is 1. The summed E-state index contributed by atoms with van der Waals surface area (Å²) in [5.74, 6) is -0.215. The van der Waals surface area contributed by atoms with Gasteiger partial charge in [-0.2, -0.15) is 0 Å². The van der Waals surface area contributed by atoms with Crippen LogP contribution in [0.5, 0.6) is 0 Å². The largest absolute Gasteiger partial charge is 0.287 e. The molecule has 180 valence electrons. The van der Waals surface area contributed by atoms with Gasteiger partial charge in [-0.1, -0.05) is 59.5 Å². The summed E-state index contributed by atoms with van der Waals surface area (Å²) in [5, 5.41) is 13.0. The molecule has 0 saturated carbocycles. The molecule has 0 fully saturated rings. The SMILES string of the molecule is C=C1c2ccc(Cl)cc2CC(/C=C2/C3=CC=C=C=C3CCc3cc(Cl)ccc32)c2cc([N+](=O)[O-])cnc21. The molecule has 0 spiro atoms. The van der Waals surface area contributed by atoms with E-state index in [-0.39, 0.29) is 11.6 Å². The molecule has 0 aliphatic heterocycles. The normalized spacial score (nSPS) is 18.6. The lowest BCUT2D eigenvalue weighted by Crippen LogP contribution is -2.06. The Morgan fingerprint density at radius 1 is 1.05 bits per heavy atom. The van der Waals surface area contributed by atoms with E-state index in [1.165, 1.54) is 6.20 Å². The molecule has 37 heavy (non-hydrogen) atoms. The van der Waals surface area contributed by atoms with Gasteiger partial charge in [-0.15, -0.1) is 0 Å². The fourth-order valence-electron chi connectivity index (χ4n) is 5.44. The number of allylic oxidation sites excluding steroid dienone is 6. The minimum Gasteiger partial charge on any atom is -0.258 e. The fraction of sp³-hybridized carbons (Fsp3) is 0.129. The molecule has 1 heterocycles. The smallest absolute Gasteiger partial charge is 0.258 e. The Bertz CT molecular complexity index is 1700. The Morgan fingerprint density at radius 3 is 2.59 bits per heavy atom. The molecular formula is C31H20Cl2N2O2. The van der Waals surface area contributed by atoms with Crippen molar-refractivity contribution in [3.63, 3.8) is 0 Å². The molecule has 1 aromatic heterocycles. The van der Waals surface area contributed by atoms with Crippen LogP contribution >= 0.6 is 23.2 Å². The van der Waals surface area contributed by atoms with Gasteiger partial charge in [0.15, 0.2) is 0 Å². The lowest BCUT2D eigenvalue weighted by Gasteiger charge is -2.19. The highest BCUT2D eigenvalue weighted by atomic mass is 35.5. The first-order valence-electron chi connectivity index (χ1n) is 11.9. The third-order valence-electron chi connectivity index (χ3n) is 7.17. The van der Waals surface area contributed by atoms with Crippen LogP contribution in [0.3, 0.4) is 0 Å². The molecule has 1 atom stereocenters. The third-order valence-corrected chi connectivity index (χ3v) is 7.64. The standard InChI is InChI=1S/C31H20Cl2N2O2/c1-18-26-10-8-24(33)14-21(26)12-22(29-16-25(35(36)37)17-34-31(18)29)15-30-27-5-3-2-4-19(27)6-7-20-13-23(32)9-11-28(20)30/h3,5,8-11,13-17,22H,1,6-7,12H2/b30-15-. The van der Waals surface area contributed by atoms with Crippen LogP contribution in [0.4, 0.5) is 5.69 Å². The Morgan fingerprint density at radius 2 is 1.81 bits per heavy atom. The van der Waals surface area contributed by atoms with Gasteiger partial charge in [-0.3, -0.25) is 10.1 Å². The number of aryl methyl sites for hydroxylation is 1. The summed E-state index contributed by atoms with van der Waals surface area (Å²) in [7, 11) is 0. The molecule has 3 aliphatic rings. The van der Waals surface area contributed by atoms with Crippen LogP contribution < -0.4 is 0 Å². The molecule has 0 amide bonds. The van der Waals surface area contributed by atoms with Crippen LogP contribution in [-0.2, 0) is 12.8 Å². The number of nitro groups is 1. The summed E-state index contributed by atoms with van der Waals surface area (Å²) in [6.07, 6.45) is 9.69. The Kier molecular flexibility index (Phi) is 5.83. The second kappa shape index (κ2) is 9.19. The van der Waals surface area contributed by atoms with Crippen molar-refractivity contribution >= 4 is 40.0 Å². The van der Waals surface area contributed by atoms with Crippen molar-refractivity contribution in [3.05, 3.63) is 150 Å². The van der Waals surface area contributed by atoms with Gasteiger partial charge in [0.25, 0.3) is 5.69 Å². The lowest BCUT2D eigenvalue weighted by atomic mass is 9.85. The molecule has 1 unspecified atom stereocenters. The first-order chi connectivity index (χ1) is 17.9. The zero-order chi connectivity index (χ0) is 25.7. The minimum absolute atomic E-state index is 0.0460. The zero-order valence-corrected chi connectivity index (χ0v) is 21.2. The van der Waals surface area contributed by atoms with Crippen LogP contribution in [0, 0.1) is 10.1 Å². The molecule has 0 bridgehead atoms. The predicted octanol–water partition coefficient (Wildman–Crippen LogP) is 8.20. The van der Waals surface area contributed by atoms with E-state index >= 15 is 0 Å². The molecule has 0 saturated heterocycles. The first kappa shape index (κ1) is 23.5. The van der Waals surface area contributed by atoms with Crippen molar-refractivity contribution in [1.29, 1.82) is 0 Å². The van der Waals surface area contributed by atoms with E-state index < -0.39 is 4.92 Å². The Balaban J connectivity index is 1.62. The van der Waals surface area contributed by atoms with Gasteiger partial charge in [0.1, 0.15) is 6.20 Å². The maximum atomic E-state index is 11.7. The van der Waals surface area contributed by atoms with Gasteiger partial charge >= 0.3 is 0 Å². The molecule has 3 aliphatic carbocycles. The van der Waals surface area contributed by atoms with Crippen molar-refractivity contribution in [3.8, 4) is 0 Å². The second-order valence-electron chi connectivity index (χ2n) is 9.36. The topological polar surface area (TPSA) is 56.0 Å². The van der Waals surface area contributed by atoms with E-state index in [0.29, 0.717) is 22.2 Å². The van der Waals surface area contributed by atoms with Crippen LogP contribution in [-0.4, -0.2) is 9.91 Å². The van der Waals surface area contributed by atoms with Crippen molar-refractivity contribution in [2.24, 2.45) is 0 Å². The number of fused-ring (bicyclic) bond motifs is 4. The summed E-state index contributed by atoms with van der Waals surface area (Å²) in [6.45, 7) is 4.32. The Labute approximate surface area is 224 Å². The van der Waals surface area contributed by atoms with Crippen LogP contribution in [0.2, 0.25) is 10.0 Å². The van der Waals surface area contributed by atoms with Crippen LogP contribution in [0.1, 0.15) is 45.8 Å². The van der Waals surface area contributed by atoms with Gasteiger partial charge in [-0.05, 0) is 94.6 Å². The Hall–Kier alpha value is -3.91. The highest BCUT2D eigenvalue weighted by molar-refractivity contribution is 6.31. The minimum atomic E-state index is -0.405. The summed E-state index contributed by atoms with van der Waals surface area (Å²) < 4.78 is 0. The zero-order valence-electron chi connectivity index (χ0n) is 19.7. The summed E-state index contributed by atoms with van der Waals surface area (Å²) in [4.78, 5) is 15.8. The maximum Gasteiger partial charge on any atom is 0.287 e. The number of pyridine rings is 1. The number of rotatable bonds is 2. The average molecular weight is 523 g/mol. The van der Waals surface area contributed by atoms with E-state index in [2.05, 4.69) is 41.2 Å². The van der Waals surface area contributed by atoms with Gasteiger partial charge in [0.05, 0.1) is 10.6 Å². The molecule has 2 aromatic carbocycles. The lowest BCUT2D eigenvalue weighted by molar-refractivity contribution is -0.385. The van der Waals surface area contributed by atoms with E-state index in [9.17, 15) is 10.1 Å². The molecule has 6 rings (SSSR count). The third kappa shape index (κ3) is 4.21. The average Bonchev–Trinajstić information content (AvgIpc) is 3.11. The number of benzene rings is 2. The fourth-order valence-corrected chi connectivity index (χ4v) is 5.83. The van der Waals surface area contributed by atoms with E-state index in [1.54, 1.807) is 6.07 Å². The number of halogens is 2. The van der Waals surface area contributed by atoms with Crippen molar-refractivity contribution in [1.82, 2.24) is 4.98 Å².